The van der Waals surface area contributed by atoms with Crippen molar-refractivity contribution in [1.29, 1.82) is 0 Å². The lowest BCUT2D eigenvalue weighted by Crippen LogP contribution is -2.70. The summed E-state index contributed by atoms with van der Waals surface area (Å²) in [6.07, 6.45) is 0.145. The number of thiophene rings is 1. The van der Waals surface area contributed by atoms with Crippen molar-refractivity contribution in [3.05, 3.63) is 39.6 Å². The van der Waals surface area contributed by atoms with E-state index in [-0.39, 0.29) is 34.9 Å². The van der Waals surface area contributed by atoms with Gasteiger partial charge in [-0.3, -0.25) is 19.0 Å². The number of aromatic nitrogens is 2. The summed E-state index contributed by atoms with van der Waals surface area (Å²) >= 11 is 3.74. The average molecular weight is 533 g/mol. The van der Waals surface area contributed by atoms with Gasteiger partial charge in [-0.2, -0.15) is 8.42 Å². The van der Waals surface area contributed by atoms with Crippen LogP contribution >= 0.6 is 34.9 Å². The number of aliphatic carboxylic acids is 1. The smallest absolute Gasteiger partial charge is 0.352 e. The fraction of sp³-hybridized carbons (Fsp3) is 0.353. The van der Waals surface area contributed by atoms with E-state index in [2.05, 4.69) is 15.5 Å². The summed E-state index contributed by atoms with van der Waals surface area (Å²) in [4.78, 5) is 38.9. The van der Waals surface area contributed by atoms with E-state index >= 15 is 0 Å². The lowest BCUT2D eigenvalue weighted by Gasteiger charge is -2.49. The summed E-state index contributed by atoms with van der Waals surface area (Å²) in [5, 5.41) is 20.9. The highest BCUT2D eigenvalue weighted by Crippen LogP contribution is 2.41. The van der Waals surface area contributed by atoms with Gasteiger partial charge in [0.15, 0.2) is 5.75 Å². The quantitative estimate of drug-likeness (QED) is 0.233. The Hall–Kier alpha value is -2.40. The van der Waals surface area contributed by atoms with E-state index in [0.717, 1.165) is 16.6 Å². The number of thioether (sulfide) groups is 2. The van der Waals surface area contributed by atoms with Crippen LogP contribution < -0.4 is 5.32 Å². The topological polar surface area (TPSA) is 180 Å². The van der Waals surface area contributed by atoms with Crippen molar-refractivity contribution in [2.75, 3.05) is 11.5 Å². The molecule has 0 aliphatic carbocycles. The molecule has 2 aromatic rings. The second-order valence-electron chi connectivity index (χ2n) is 6.95. The van der Waals surface area contributed by atoms with Crippen molar-refractivity contribution < 1.29 is 36.9 Å². The predicted octanol–water partition coefficient (Wildman–Crippen LogP) is 0.592. The summed E-state index contributed by atoms with van der Waals surface area (Å²) < 4.78 is 35.7. The molecule has 0 bridgehead atoms. The van der Waals surface area contributed by atoms with Crippen molar-refractivity contribution in [2.45, 2.75) is 28.8 Å². The van der Waals surface area contributed by atoms with E-state index in [1.54, 1.807) is 0 Å². The zero-order valence-corrected chi connectivity index (χ0v) is 19.8. The highest BCUT2D eigenvalue weighted by Gasteiger charge is 2.54. The molecule has 4 heterocycles. The molecular formula is C17H16N4O8S4. The lowest BCUT2D eigenvalue weighted by atomic mass is 10.0. The summed E-state index contributed by atoms with van der Waals surface area (Å²) in [7, 11) is -4.33. The molecule has 1 saturated heterocycles. The van der Waals surface area contributed by atoms with E-state index < -0.39 is 39.2 Å². The Balaban J connectivity index is 1.41. The van der Waals surface area contributed by atoms with Gasteiger partial charge < -0.3 is 14.8 Å². The minimum Gasteiger partial charge on any atom is -0.477 e. The molecule has 1 fully saturated rings. The number of amides is 2. The van der Waals surface area contributed by atoms with Gasteiger partial charge in [-0.25, -0.2) is 4.79 Å². The Bertz CT molecular complexity index is 1220. The van der Waals surface area contributed by atoms with Gasteiger partial charge in [0.25, 0.3) is 21.2 Å². The number of nitrogens with one attached hydrogen (secondary N) is 1. The molecule has 2 aromatic heterocycles. The zero-order valence-electron chi connectivity index (χ0n) is 16.5. The number of nitrogens with zero attached hydrogens (tertiary/aromatic N) is 3. The van der Waals surface area contributed by atoms with Gasteiger partial charge in [-0.1, -0.05) is 17.8 Å². The molecule has 12 nitrogen and oxygen atoms in total. The molecule has 0 radical (unpaired) electrons. The number of carbonyl (C=O) groups is 3. The van der Waals surface area contributed by atoms with Gasteiger partial charge in [0.05, 0.1) is 6.42 Å². The van der Waals surface area contributed by atoms with Crippen LogP contribution in [0.4, 0.5) is 0 Å². The Morgan fingerprint density at radius 2 is 2.15 bits per heavy atom. The van der Waals surface area contributed by atoms with Gasteiger partial charge >= 0.3 is 5.97 Å². The molecule has 2 aliphatic heterocycles. The van der Waals surface area contributed by atoms with Crippen LogP contribution in [-0.2, 0) is 36.7 Å². The number of hydrogen-bond donors (Lipinski definition) is 3. The first-order chi connectivity index (χ1) is 15.6. The Labute approximate surface area is 199 Å². The molecule has 2 atom stereocenters. The Morgan fingerprint density at radius 1 is 1.36 bits per heavy atom. The van der Waals surface area contributed by atoms with Crippen molar-refractivity contribution in [3.63, 3.8) is 0 Å². The predicted molar refractivity (Wildman–Crippen MR) is 118 cm³/mol. The summed E-state index contributed by atoms with van der Waals surface area (Å²) in [6.45, 7) is 0. The van der Waals surface area contributed by atoms with Gasteiger partial charge in [0, 0.05) is 16.4 Å². The van der Waals surface area contributed by atoms with E-state index in [1.807, 2.05) is 17.5 Å². The normalized spacial score (nSPS) is 20.4. The van der Waals surface area contributed by atoms with Crippen LogP contribution in [0.3, 0.4) is 0 Å². The van der Waals surface area contributed by atoms with E-state index in [1.165, 1.54) is 28.0 Å². The molecule has 0 aromatic carbocycles. The second-order valence-corrected chi connectivity index (χ2v) is 11.5. The molecule has 16 heteroatoms. The number of carboxylic acids is 1. The lowest BCUT2D eigenvalue weighted by molar-refractivity contribution is -0.150. The minimum atomic E-state index is -4.33. The number of β-lactam (4-membered cyclic amide) rings is 1. The van der Waals surface area contributed by atoms with Crippen LogP contribution in [0, 0.1) is 0 Å². The first kappa shape index (κ1) is 23.7. The van der Waals surface area contributed by atoms with Crippen LogP contribution in [0.5, 0.6) is 0 Å². The van der Waals surface area contributed by atoms with Crippen LogP contribution in [0.15, 0.2) is 38.4 Å². The third kappa shape index (κ3) is 5.40. The fourth-order valence-corrected chi connectivity index (χ4v) is 6.65. The molecule has 1 unspecified atom stereocenters. The number of carboxylic acid groups (broad SMARTS) is 1. The second kappa shape index (κ2) is 9.46. The number of fused-ring (bicyclic) bond motifs is 1. The molecule has 2 amide bonds. The highest BCUT2D eigenvalue weighted by atomic mass is 32.2. The molecule has 2 aliphatic rings. The van der Waals surface area contributed by atoms with Gasteiger partial charge in [0.1, 0.15) is 17.1 Å². The molecule has 33 heavy (non-hydrogen) atoms. The Morgan fingerprint density at radius 3 is 2.82 bits per heavy atom. The minimum absolute atomic E-state index is 0.00772. The maximum Gasteiger partial charge on any atom is 0.352 e. The number of hydrogen-bond acceptors (Lipinski definition) is 11. The average Bonchev–Trinajstić information content (AvgIpc) is 3.40. The van der Waals surface area contributed by atoms with E-state index in [0.29, 0.717) is 11.3 Å². The highest BCUT2D eigenvalue weighted by molar-refractivity contribution is 8.01. The standard InChI is InChI=1S/C17H16N4O8S4/c22-10(4-9-2-1-3-30-9)18-12-14(23)21-13(16(24)25)8(5-31-15(12)21)6-32-17-20-19-11(29-17)7-33(26,27)28/h1-3,12,15H,4-7H2,(H,18,22)(H,24,25)(H,26,27,28)/t12?,15-/m0/s1. The monoisotopic (exact) mass is 532 g/mol. The van der Waals surface area contributed by atoms with E-state index in [4.69, 9.17) is 8.97 Å². The maximum absolute atomic E-state index is 12.7. The van der Waals surface area contributed by atoms with Crippen molar-refractivity contribution in [1.82, 2.24) is 20.4 Å². The third-order valence-electron chi connectivity index (χ3n) is 4.61. The first-order valence-electron chi connectivity index (χ1n) is 9.24. The molecule has 3 N–H and O–H groups in total. The first-order valence-corrected chi connectivity index (χ1v) is 13.8. The van der Waals surface area contributed by atoms with Crippen molar-refractivity contribution in [3.8, 4) is 0 Å². The molecule has 176 valence electrons. The van der Waals surface area contributed by atoms with Crippen molar-refractivity contribution >= 4 is 62.8 Å². The maximum atomic E-state index is 12.7. The number of carbonyl (C=O) groups excluding carboxylic acids is 2. The van der Waals surface area contributed by atoms with Crippen LogP contribution in [0.1, 0.15) is 10.8 Å². The Kier molecular flexibility index (Phi) is 6.81. The third-order valence-corrected chi connectivity index (χ3v) is 8.34. The summed E-state index contributed by atoms with van der Waals surface area (Å²) in [5.74, 6) is -2.81. The van der Waals surface area contributed by atoms with Crippen LogP contribution in [0.2, 0.25) is 0 Å². The summed E-state index contributed by atoms with van der Waals surface area (Å²) in [6, 6.07) is 2.84. The largest absolute Gasteiger partial charge is 0.477 e. The van der Waals surface area contributed by atoms with Crippen molar-refractivity contribution in [2.24, 2.45) is 0 Å². The number of rotatable bonds is 9. The van der Waals surface area contributed by atoms with Gasteiger partial charge in [0.2, 0.25) is 11.8 Å². The van der Waals surface area contributed by atoms with Gasteiger partial charge in [-0.05, 0) is 17.0 Å². The van der Waals surface area contributed by atoms with Crippen LogP contribution in [0.25, 0.3) is 0 Å². The molecular weight excluding hydrogens is 516 g/mol. The van der Waals surface area contributed by atoms with Crippen LogP contribution in [-0.4, -0.2) is 73.9 Å². The molecule has 4 rings (SSSR count). The fourth-order valence-electron chi connectivity index (χ4n) is 3.25. The summed E-state index contributed by atoms with van der Waals surface area (Å²) in [5.41, 5.74) is 0.290. The molecule has 0 spiro atoms. The zero-order chi connectivity index (χ0) is 23.8. The molecule has 0 saturated carbocycles. The SMILES string of the molecule is O=C(Cc1cccs1)NC1C(=O)N2C(C(=O)O)=C(CSc3nnc(CS(=O)(=O)O)o3)CS[C@@H]12. The van der Waals surface area contributed by atoms with Gasteiger partial charge in [-0.15, -0.1) is 33.3 Å². The van der Waals surface area contributed by atoms with E-state index in [9.17, 15) is 27.9 Å².